The van der Waals surface area contributed by atoms with Gasteiger partial charge in [0.1, 0.15) is 11.5 Å². The topological polar surface area (TPSA) is 88.4 Å². The third-order valence-electron chi connectivity index (χ3n) is 4.27. The van der Waals surface area contributed by atoms with Gasteiger partial charge in [0, 0.05) is 12.1 Å². The predicted octanol–water partition coefficient (Wildman–Crippen LogP) is 2.83. The summed E-state index contributed by atoms with van der Waals surface area (Å²) in [6.45, 7) is 0.0410. The van der Waals surface area contributed by atoms with E-state index in [9.17, 15) is 13.2 Å². The molecule has 7 heteroatoms. The van der Waals surface area contributed by atoms with Crippen molar-refractivity contribution < 1.29 is 17.6 Å². The molecule has 1 aromatic carbocycles. The average molecular weight is 374 g/mol. The Hall–Kier alpha value is -2.38. The highest BCUT2D eigenvalue weighted by atomic mass is 32.2. The standard InChI is InChI=1S/C19H22N2O4S/c22-19(21-15-6-4-5-7-15)13-12-16-10-11-17(25-16)14-20-26(23,24)18-8-2-1-3-9-18/h1-3,8-13,15,20H,4-7,14H2,(H,21,22)/b13-12+. The highest BCUT2D eigenvalue weighted by molar-refractivity contribution is 7.89. The molecule has 1 saturated carbocycles. The van der Waals surface area contributed by atoms with E-state index in [2.05, 4.69) is 10.0 Å². The Morgan fingerprint density at radius 2 is 1.85 bits per heavy atom. The van der Waals surface area contributed by atoms with Crippen LogP contribution >= 0.6 is 0 Å². The van der Waals surface area contributed by atoms with E-state index in [4.69, 9.17) is 4.42 Å². The minimum Gasteiger partial charge on any atom is -0.460 e. The van der Waals surface area contributed by atoms with Crippen molar-refractivity contribution in [2.75, 3.05) is 0 Å². The van der Waals surface area contributed by atoms with Gasteiger partial charge in [0.25, 0.3) is 0 Å². The van der Waals surface area contributed by atoms with Gasteiger partial charge in [-0.15, -0.1) is 0 Å². The van der Waals surface area contributed by atoms with Crippen molar-refractivity contribution in [3.05, 3.63) is 60.1 Å². The minimum absolute atomic E-state index is 0.0410. The summed E-state index contributed by atoms with van der Waals surface area (Å²) in [5, 5.41) is 2.96. The molecule has 1 aliphatic carbocycles. The van der Waals surface area contributed by atoms with Crippen LogP contribution in [0.25, 0.3) is 6.08 Å². The van der Waals surface area contributed by atoms with Crippen LogP contribution in [0.4, 0.5) is 0 Å². The van der Waals surface area contributed by atoms with E-state index in [0.717, 1.165) is 25.7 Å². The molecule has 3 rings (SSSR count). The summed E-state index contributed by atoms with van der Waals surface area (Å²) in [6, 6.07) is 11.8. The highest BCUT2D eigenvalue weighted by Gasteiger charge is 2.16. The van der Waals surface area contributed by atoms with Crippen molar-refractivity contribution in [2.24, 2.45) is 0 Å². The largest absolute Gasteiger partial charge is 0.460 e. The number of rotatable bonds is 7. The predicted molar refractivity (Wildman–Crippen MR) is 98.6 cm³/mol. The second-order valence-electron chi connectivity index (χ2n) is 6.26. The van der Waals surface area contributed by atoms with Gasteiger partial charge < -0.3 is 9.73 Å². The molecule has 1 aliphatic rings. The first-order chi connectivity index (χ1) is 12.5. The van der Waals surface area contributed by atoms with Crippen LogP contribution in [-0.4, -0.2) is 20.4 Å². The molecule has 138 valence electrons. The number of furan rings is 1. The third-order valence-corrected chi connectivity index (χ3v) is 5.69. The van der Waals surface area contributed by atoms with Crippen LogP contribution in [0.3, 0.4) is 0 Å². The fraction of sp³-hybridized carbons (Fsp3) is 0.316. The second kappa shape index (κ2) is 8.33. The van der Waals surface area contributed by atoms with Gasteiger partial charge in [-0.1, -0.05) is 31.0 Å². The number of benzene rings is 1. The van der Waals surface area contributed by atoms with Crippen LogP contribution in [0.2, 0.25) is 0 Å². The average Bonchev–Trinajstić information content (AvgIpc) is 3.31. The second-order valence-corrected chi connectivity index (χ2v) is 8.03. The maximum Gasteiger partial charge on any atom is 0.244 e. The van der Waals surface area contributed by atoms with Gasteiger partial charge in [0.2, 0.25) is 15.9 Å². The molecule has 2 aromatic rings. The molecule has 0 spiro atoms. The molecule has 26 heavy (non-hydrogen) atoms. The lowest BCUT2D eigenvalue weighted by Crippen LogP contribution is -2.30. The van der Waals surface area contributed by atoms with Crippen LogP contribution in [0, 0.1) is 0 Å². The summed E-state index contributed by atoms with van der Waals surface area (Å²) in [7, 11) is -3.58. The molecule has 1 amide bonds. The third kappa shape index (κ3) is 5.06. The minimum atomic E-state index is -3.58. The van der Waals surface area contributed by atoms with Crippen molar-refractivity contribution in [3.8, 4) is 0 Å². The Balaban J connectivity index is 1.53. The lowest BCUT2D eigenvalue weighted by molar-refractivity contribution is -0.117. The monoisotopic (exact) mass is 374 g/mol. The smallest absolute Gasteiger partial charge is 0.244 e. The summed E-state index contributed by atoms with van der Waals surface area (Å²) in [5.41, 5.74) is 0. The number of sulfonamides is 1. The molecule has 0 aliphatic heterocycles. The summed E-state index contributed by atoms with van der Waals surface area (Å²) in [4.78, 5) is 12.1. The Labute approximate surface area is 153 Å². The fourth-order valence-electron chi connectivity index (χ4n) is 2.91. The SMILES string of the molecule is O=C(/C=C/c1ccc(CNS(=O)(=O)c2ccccc2)o1)NC1CCCC1. The Bertz CT molecular complexity index is 866. The van der Waals surface area contributed by atoms with E-state index in [0.29, 0.717) is 11.5 Å². The lowest BCUT2D eigenvalue weighted by Gasteiger charge is -2.08. The zero-order chi connectivity index (χ0) is 18.4. The van der Waals surface area contributed by atoms with Gasteiger partial charge >= 0.3 is 0 Å². The van der Waals surface area contributed by atoms with Gasteiger partial charge in [-0.05, 0) is 43.2 Å². The summed E-state index contributed by atoms with van der Waals surface area (Å²) >= 11 is 0. The quantitative estimate of drug-likeness (QED) is 0.730. The van der Waals surface area contributed by atoms with Crippen molar-refractivity contribution >= 4 is 22.0 Å². The van der Waals surface area contributed by atoms with Gasteiger partial charge in [0.15, 0.2) is 0 Å². The number of hydrogen-bond donors (Lipinski definition) is 2. The van der Waals surface area contributed by atoms with Gasteiger partial charge in [-0.25, -0.2) is 13.1 Å². The molecule has 1 fully saturated rings. The van der Waals surface area contributed by atoms with E-state index >= 15 is 0 Å². The highest BCUT2D eigenvalue weighted by Crippen LogP contribution is 2.17. The van der Waals surface area contributed by atoms with Crippen molar-refractivity contribution in [2.45, 2.75) is 43.2 Å². The first-order valence-corrected chi connectivity index (χ1v) is 10.1. The molecule has 0 bridgehead atoms. The molecule has 0 radical (unpaired) electrons. The van der Waals surface area contributed by atoms with E-state index in [1.54, 1.807) is 36.4 Å². The van der Waals surface area contributed by atoms with Crippen LogP contribution in [0.5, 0.6) is 0 Å². The lowest BCUT2D eigenvalue weighted by atomic mass is 10.2. The number of nitrogens with one attached hydrogen (secondary N) is 2. The van der Waals surface area contributed by atoms with Crippen molar-refractivity contribution in [3.63, 3.8) is 0 Å². The number of carbonyl (C=O) groups is 1. The Kier molecular flexibility index (Phi) is 5.90. The summed E-state index contributed by atoms with van der Waals surface area (Å²) < 4.78 is 32.4. The fourth-order valence-corrected chi connectivity index (χ4v) is 3.92. The molecule has 1 aromatic heterocycles. The normalized spacial score (nSPS) is 15.5. The maximum atomic E-state index is 12.2. The number of amides is 1. The molecule has 2 N–H and O–H groups in total. The number of carbonyl (C=O) groups excluding carboxylic acids is 1. The van der Waals surface area contributed by atoms with E-state index in [-0.39, 0.29) is 23.4 Å². The van der Waals surface area contributed by atoms with Crippen LogP contribution in [0.15, 0.2) is 57.9 Å². The molecular weight excluding hydrogens is 352 g/mol. The molecule has 0 unspecified atom stereocenters. The van der Waals surface area contributed by atoms with Crippen LogP contribution < -0.4 is 10.0 Å². The molecule has 0 saturated heterocycles. The molecule has 1 heterocycles. The zero-order valence-electron chi connectivity index (χ0n) is 14.4. The van der Waals surface area contributed by atoms with Crippen molar-refractivity contribution in [1.29, 1.82) is 0 Å². The van der Waals surface area contributed by atoms with Gasteiger partial charge in [-0.3, -0.25) is 4.79 Å². The first kappa shape index (κ1) is 18.4. The van der Waals surface area contributed by atoms with E-state index in [1.807, 2.05) is 0 Å². The van der Waals surface area contributed by atoms with Gasteiger partial charge in [0.05, 0.1) is 11.4 Å². The van der Waals surface area contributed by atoms with E-state index in [1.165, 1.54) is 18.2 Å². The van der Waals surface area contributed by atoms with Gasteiger partial charge in [-0.2, -0.15) is 0 Å². The van der Waals surface area contributed by atoms with Crippen LogP contribution in [0.1, 0.15) is 37.2 Å². The summed E-state index contributed by atoms with van der Waals surface area (Å²) in [6.07, 6.45) is 7.41. The number of hydrogen-bond acceptors (Lipinski definition) is 4. The first-order valence-electron chi connectivity index (χ1n) is 8.65. The zero-order valence-corrected chi connectivity index (χ0v) is 15.2. The van der Waals surface area contributed by atoms with E-state index < -0.39 is 10.0 Å². The molecule has 6 nitrogen and oxygen atoms in total. The Morgan fingerprint density at radius 3 is 2.58 bits per heavy atom. The molecular formula is C19H22N2O4S. The Morgan fingerprint density at radius 1 is 1.12 bits per heavy atom. The maximum absolute atomic E-state index is 12.2. The summed E-state index contributed by atoms with van der Waals surface area (Å²) in [5.74, 6) is 0.834. The molecule has 0 atom stereocenters. The van der Waals surface area contributed by atoms with Crippen molar-refractivity contribution in [1.82, 2.24) is 10.0 Å². The van der Waals surface area contributed by atoms with Crippen LogP contribution in [-0.2, 0) is 21.4 Å².